The first-order valence-corrected chi connectivity index (χ1v) is 9.94. The van der Waals surface area contributed by atoms with Gasteiger partial charge in [0.05, 0.1) is 34.2 Å². The number of rotatable bonds is 6. The van der Waals surface area contributed by atoms with Crippen LogP contribution in [0.3, 0.4) is 0 Å². The monoisotopic (exact) mass is 422 g/mol. The molecule has 0 radical (unpaired) electrons. The maximum absolute atomic E-state index is 14.9. The number of benzene rings is 1. The lowest BCUT2D eigenvalue weighted by Gasteiger charge is -2.11. The molecule has 29 heavy (non-hydrogen) atoms. The number of carbonyl (C=O) groups is 1. The first-order valence-electron chi connectivity index (χ1n) is 8.29. The van der Waals surface area contributed by atoms with Crippen LogP contribution in [0.15, 0.2) is 24.5 Å². The molecule has 0 atom stereocenters. The smallest absolute Gasteiger partial charge is 0.232 e. The second-order valence-corrected chi connectivity index (χ2v) is 7.89. The number of sulfonamides is 1. The van der Waals surface area contributed by atoms with Crippen molar-refractivity contribution in [1.29, 1.82) is 5.26 Å². The number of pyridine rings is 1. The molecule has 2 heterocycles. The number of anilines is 1. The number of hydrogen-bond acceptors (Lipinski definition) is 5. The third kappa shape index (κ3) is 3.66. The van der Waals surface area contributed by atoms with Crippen molar-refractivity contribution >= 4 is 32.5 Å². The Morgan fingerprint density at radius 1 is 1.28 bits per heavy atom. The number of aromatic nitrogens is 2. The Hall–Kier alpha value is -3.39. The summed E-state index contributed by atoms with van der Waals surface area (Å²) in [6.07, 6.45) is 2.08. The third-order valence-corrected chi connectivity index (χ3v) is 5.54. The summed E-state index contributed by atoms with van der Waals surface area (Å²) in [4.78, 5) is 19.1. The Balaban J connectivity index is 2.16. The van der Waals surface area contributed by atoms with Crippen LogP contribution in [-0.2, 0) is 10.0 Å². The minimum Gasteiger partial charge on any atom is -0.345 e. The molecule has 0 bridgehead atoms. The molecule has 0 spiro atoms. The van der Waals surface area contributed by atoms with Crippen LogP contribution in [0.4, 0.5) is 18.9 Å². The maximum atomic E-state index is 14.9. The molecule has 7 nitrogen and oxygen atoms in total. The molecular formula is C18H13F3N4O3S. The number of nitrogens with one attached hydrogen (secondary N) is 2. The summed E-state index contributed by atoms with van der Waals surface area (Å²) in [5.74, 6) is -5.18. The second-order valence-electron chi connectivity index (χ2n) is 6.05. The lowest BCUT2D eigenvalue weighted by Crippen LogP contribution is -2.18. The molecule has 3 rings (SSSR count). The molecule has 0 aliphatic heterocycles. The molecule has 150 valence electrons. The van der Waals surface area contributed by atoms with Crippen molar-refractivity contribution < 1.29 is 26.4 Å². The summed E-state index contributed by atoms with van der Waals surface area (Å²) in [6.45, 7) is 1.60. The lowest BCUT2D eigenvalue weighted by atomic mass is 9.99. The molecular weight excluding hydrogens is 409 g/mol. The Kier molecular flexibility index (Phi) is 5.30. The zero-order chi connectivity index (χ0) is 21.3. The van der Waals surface area contributed by atoms with Crippen molar-refractivity contribution in [2.24, 2.45) is 0 Å². The molecule has 3 aromatic rings. The van der Waals surface area contributed by atoms with Crippen LogP contribution >= 0.6 is 0 Å². The normalized spacial score (nSPS) is 11.4. The summed E-state index contributed by atoms with van der Waals surface area (Å²) in [7, 11) is -3.90. The first kappa shape index (κ1) is 20.3. The predicted octanol–water partition coefficient (Wildman–Crippen LogP) is 3.23. The zero-order valence-electron chi connectivity index (χ0n) is 14.9. The molecule has 0 saturated heterocycles. The highest BCUT2D eigenvalue weighted by Gasteiger charge is 2.27. The highest BCUT2D eigenvalue weighted by molar-refractivity contribution is 7.92. The van der Waals surface area contributed by atoms with Gasteiger partial charge in [-0.3, -0.25) is 9.52 Å². The number of nitrogens with zero attached hydrogens (tertiary/aromatic N) is 2. The highest BCUT2D eigenvalue weighted by Crippen LogP contribution is 2.29. The molecule has 0 aliphatic rings. The van der Waals surface area contributed by atoms with E-state index in [9.17, 15) is 31.6 Å². The van der Waals surface area contributed by atoms with E-state index in [-0.39, 0.29) is 28.8 Å². The van der Waals surface area contributed by atoms with E-state index in [1.807, 2.05) is 4.72 Å². The van der Waals surface area contributed by atoms with E-state index in [4.69, 9.17) is 0 Å². The minimum atomic E-state index is -3.90. The number of ketones is 1. The number of aromatic amines is 1. The summed E-state index contributed by atoms with van der Waals surface area (Å²) in [5, 5.41) is 8.95. The average molecular weight is 422 g/mol. The third-order valence-electron chi connectivity index (χ3n) is 4.07. The van der Waals surface area contributed by atoms with Gasteiger partial charge in [-0.2, -0.15) is 5.26 Å². The van der Waals surface area contributed by atoms with Gasteiger partial charge in [-0.15, -0.1) is 0 Å². The molecule has 0 aliphatic carbocycles. The SMILES string of the molecule is CCCS(=O)(=O)Nc1ccc(F)c(C(=O)c2c[nH]c3ncc(F)c(C#N)c23)c1F. The first-order chi connectivity index (χ1) is 13.7. The van der Waals surface area contributed by atoms with E-state index in [0.29, 0.717) is 0 Å². The van der Waals surface area contributed by atoms with E-state index in [0.717, 1.165) is 24.5 Å². The van der Waals surface area contributed by atoms with Crippen LogP contribution in [-0.4, -0.2) is 29.9 Å². The fraction of sp³-hybridized carbons (Fsp3) is 0.167. The van der Waals surface area contributed by atoms with Crippen LogP contribution in [0.25, 0.3) is 11.0 Å². The topological polar surface area (TPSA) is 116 Å². The van der Waals surface area contributed by atoms with Gasteiger partial charge in [0, 0.05) is 6.20 Å². The number of fused-ring (bicyclic) bond motifs is 1. The molecule has 1 aromatic carbocycles. The Morgan fingerprint density at radius 2 is 2.00 bits per heavy atom. The van der Waals surface area contributed by atoms with Crippen LogP contribution < -0.4 is 4.72 Å². The Morgan fingerprint density at radius 3 is 2.66 bits per heavy atom. The van der Waals surface area contributed by atoms with Gasteiger partial charge in [0.25, 0.3) is 0 Å². The molecule has 2 N–H and O–H groups in total. The van der Waals surface area contributed by atoms with Crippen LogP contribution in [0, 0.1) is 28.8 Å². The number of nitriles is 1. The summed E-state index contributed by atoms with van der Waals surface area (Å²) in [6, 6.07) is 3.18. The summed E-state index contributed by atoms with van der Waals surface area (Å²) >= 11 is 0. The van der Waals surface area contributed by atoms with Gasteiger partial charge >= 0.3 is 0 Å². The van der Waals surface area contributed by atoms with Crippen molar-refractivity contribution in [2.75, 3.05) is 10.5 Å². The average Bonchev–Trinajstić information content (AvgIpc) is 3.08. The van der Waals surface area contributed by atoms with Gasteiger partial charge in [-0.05, 0) is 18.6 Å². The Bertz CT molecular complexity index is 1280. The van der Waals surface area contributed by atoms with E-state index in [1.165, 1.54) is 0 Å². The van der Waals surface area contributed by atoms with Crippen molar-refractivity contribution in [3.8, 4) is 6.07 Å². The highest BCUT2D eigenvalue weighted by atomic mass is 32.2. The fourth-order valence-corrected chi connectivity index (χ4v) is 3.95. The lowest BCUT2D eigenvalue weighted by molar-refractivity contribution is 0.103. The number of H-pyrrole nitrogens is 1. The van der Waals surface area contributed by atoms with Crippen molar-refractivity contribution in [1.82, 2.24) is 9.97 Å². The van der Waals surface area contributed by atoms with Crippen molar-refractivity contribution in [3.63, 3.8) is 0 Å². The van der Waals surface area contributed by atoms with Crippen LogP contribution in [0.1, 0.15) is 34.8 Å². The molecule has 11 heteroatoms. The van der Waals surface area contributed by atoms with Gasteiger partial charge < -0.3 is 4.98 Å². The fourth-order valence-electron chi connectivity index (χ4n) is 2.82. The van der Waals surface area contributed by atoms with E-state index >= 15 is 0 Å². The molecule has 0 unspecified atom stereocenters. The number of hydrogen-bond donors (Lipinski definition) is 2. The molecule has 0 fully saturated rings. The number of carbonyl (C=O) groups excluding carboxylic acids is 1. The largest absolute Gasteiger partial charge is 0.345 e. The molecule has 2 aromatic heterocycles. The zero-order valence-corrected chi connectivity index (χ0v) is 15.7. The number of halogens is 3. The quantitative estimate of drug-likeness (QED) is 0.592. The van der Waals surface area contributed by atoms with Gasteiger partial charge in [-0.25, -0.2) is 26.6 Å². The van der Waals surface area contributed by atoms with E-state index in [1.54, 1.807) is 13.0 Å². The van der Waals surface area contributed by atoms with Crippen molar-refractivity contribution in [3.05, 3.63) is 58.7 Å². The van der Waals surface area contributed by atoms with Crippen molar-refractivity contribution in [2.45, 2.75) is 13.3 Å². The van der Waals surface area contributed by atoms with Gasteiger partial charge in [0.2, 0.25) is 15.8 Å². The van der Waals surface area contributed by atoms with Crippen LogP contribution in [0.5, 0.6) is 0 Å². The minimum absolute atomic E-state index is 0.0214. The van der Waals surface area contributed by atoms with Crippen LogP contribution in [0.2, 0.25) is 0 Å². The summed E-state index contributed by atoms with van der Waals surface area (Å²) < 4.78 is 68.8. The second kappa shape index (κ2) is 7.56. The van der Waals surface area contributed by atoms with E-state index < -0.39 is 50.1 Å². The summed E-state index contributed by atoms with van der Waals surface area (Å²) in [5.41, 5.74) is -2.56. The maximum Gasteiger partial charge on any atom is 0.232 e. The van der Waals surface area contributed by atoms with Gasteiger partial charge in [0.15, 0.2) is 11.6 Å². The standard InChI is InChI=1S/C18H13F3N4O3S/c1-2-5-29(27,28)25-13-4-3-11(19)15(16(13)21)17(26)10-7-23-18-14(10)9(6-22)12(20)8-24-18/h3-4,7-8,25H,2,5H2,1H3,(H,23,24). The van der Waals surface area contributed by atoms with E-state index in [2.05, 4.69) is 9.97 Å². The molecule has 0 saturated carbocycles. The predicted molar refractivity (Wildman–Crippen MR) is 98.3 cm³/mol. The van der Waals surface area contributed by atoms with Gasteiger partial charge in [-0.1, -0.05) is 6.92 Å². The Labute approximate surface area is 163 Å². The molecule has 0 amide bonds. The van der Waals surface area contributed by atoms with Gasteiger partial charge in [0.1, 0.15) is 23.1 Å².